The summed E-state index contributed by atoms with van der Waals surface area (Å²) >= 11 is 0. The standard InChI is InChI=1S/C14H28N2O6.C14H30N2O5.C13H28N2O5.C9H20N2O4.C4H12N2O.3ClH/c1-13(2,3)21-11(18)15-8-9(10(17)20-7)16-12(19)22-14(4,5)6;1-13(2,3)20-11(17)15-8-10(9-19-7)16-12(18)21-14(4,5)6;1-12(2,3)19-10(17)14-7-9(8-16)15-11(18)20-13(4,5)6;1-9(2,3)15-8(13)11-5-6(10)7(12)14-4;1-7-3-4(6)2-5;;;/h9,11,15,18H,8H2,1-7H3,(H,16,19);10-11,15,17H,8-9H2,1-7H3,(H,16,18);9-10,14,16-17H,7-8H2,1-6H3,(H,15,18);6,8,11,13H,5,10H2,1-4H3;4H,2-3,5-6H2,1H3;3*1H/t9-,11+;10-,11+;9-,10+;6-,8+;4-;;;/m00000.../s1. The molecule has 0 radical (unpaired) electrons. The number of alkyl carbamates (subject to hydrolysis) is 3. The number of nitrogens with one attached hydrogen (secondary N) is 7. The van der Waals surface area contributed by atoms with Crippen LogP contribution in [0.1, 0.15) is 145 Å². The van der Waals surface area contributed by atoms with E-state index < -0.39 is 113 Å². The number of methoxy groups -OCH3 is 4. The van der Waals surface area contributed by atoms with Crippen LogP contribution >= 0.6 is 37.2 Å². The first-order chi connectivity index (χ1) is 38.3. The third-order valence-electron chi connectivity index (χ3n) is 8.34. The number of hydrogen-bond acceptors (Lipinski definition) is 28. The fraction of sp³-hybridized carbons (Fsp3) is 0.907. The van der Waals surface area contributed by atoms with Gasteiger partial charge in [0.1, 0.15) is 28.9 Å². The van der Waals surface area contributed by atoms with E-state index in [1.54, 1.807) is 132 Å². The topological polar surface area (TPSA) is 450 Å². The van der Waals surface area contributed by atoms with Gasteiger partial charge in [0.05, 0.1) is 68.5 Å². The summed E-state index contributed by atoms with van der Waals surface area (Å²) < 4.78 is 55.0. The van der Waals surface area contributed by atoms with Crippen molar-refractivity contribution in [2.75, 3.05) is 81.0 Å². The molecule has 0 rings (SSSR count). The number of aliphatic hydroxyl groups is 5. The van der Waals surface area contributed by atoms with Crippen LogP contribution < -0.4 is 54.4 Å². The van der Waals surface area contributed by atoms with Crippen molar-refractivity contribution in [2.45, 2.75) is 240 Å². The highest BCUT2D eigenvalue weighted by molar-refractivity contribution is 5.86. The van der Waals surface area contributed by atoms with Crippen LogP contribution in [0.2, 0.25) is 0 Å². The van der Waals surface area contributed by atoms with Crippen LogP contribution in [0.5, 0.6) is 0 Å². The number of rotatable bonds is 27. The molecule has 0 saturated heterocycles. The van der Waals surface area contributed by atoms with Gasteiger partial charge in [-0.3, -0.25) is 26.1 Å². The molecule has 0 aromatic carbocycles. The monoisotopic (exact) mass is 1350 g/mol. The molecule has 18 N–H and O–H groups in total. The Labute approximate surface area is 542 Å². The summed E-state index contributed by atoms with van der Waals surface area (Å²) in [6.45, 7) is 38.9. The molecule has 34 heteroatoms. The van der Waals surface area contributed by atoms with Crippen LogP contribution in [0.4, 0.5) is 14.4 Å². The van der Waals surface area contributed by atoms with E-state index in [0.29, 0.717) is 13.2 Å². The Morgan fingerprint density at radius 2 is 0.693 bits per heavy atom. The van der Waals surface area contributed by atoms with Crippen LogP contribution in [-0.4, -0.2) is 232 Å². The number of amides is 3. The van der Waals surface area contributed by atoms with Gasteiger partial charge in [0.25, 0.3) is 0 Å². The Balaban J connectivity index is -0.000000155. The predicted octanol–water partition coefficient (Wildman–Crippen LogP) is 1.84. The summed E-state index contributed by atoms with van der Waals surface area (Å²) in [6.07, 6.45) is -6.64. The average Bonchev–Trinajstić information content (AvgIpc) is 3.29. The van der Waals surface area contributed by atoms with Crippen molar-refractivity contribution in [3.63, 3.8) is 0 Å². The Morgan fingerprint density at radius 3 is 0.955 bits per heavy atom. The summed E-state index contributed by atoms with van der Waals surface area (Å²) in [4.78, 5) is 57.5. The molecule has 88 heavy (non-hydrogen) atoms. The molecule has 0 aliphatic rings. The molecule has 31 nitrogen and oxygen atoms in total. The highest BCUT2D eigenvalue weighted by Gasteiger charge is 2.28. The van der Waals surface area contributed by atoms with Gasteiger partial charge < -0.3 is 111 Å². The molecular formula is C54H121Cl3N10O21. The smallest absolute Gasteiger partial charge is 0.408 e. The number of hydrogen-bond donors (Lipinski definition) is 15. The van der Waals surface area contributed by atoms with E-state index in [0.717, 1.165) is 0 Å². The molecular weight excluding hydrogens is 1230 g/mol. The highest BCUT2D eigenvalue weighted by Crippen LogP contribution is 2.13. The van der Waals surface area contributed by atoms with Gasteiger partial charge >= 0.3 is 30.2 Å². The molecule has 0 aliphatic carbocycles. The number of nitrogens with two attached hydrogens (primary N) is 3. The number of carbonyl (C=O) groups excluding carboxylic acids is 5. The van der Waals surface area contributed by atoms with Gasteiger partial charge in [0, 0.05) is 53.0 Å². The second-order valence-corrected chi connectivity index (χ2v) is 25.6. The highest BCUT2D eigenvalue weighted by atomic mass is 35.5. The quantitative estimate of drug-likeness (QED) is 0.0317. The zero-order valence-electron chi connectivity index (χ0n) is 57.1. The zero-order chi connectivity index (χ0) is 68.0. The van der Waals surface area contributed by atoms with Crippen LogP contribution in [-0.2, 0) is 61.7 Å². The average molecular weight is 1350 g/mol. The number of ether oxygens (including phenoxy) is 11. The minimum Gasteiger partial charge on any atom is -0.468 e. The number of aliphatic hydroxyl groups excluding tert-OH is 5. The van der Waals surface area contributed by atoms with Gasteiger partial charge in [-0.2, -0.15) is 0 Å². The molecule has 0 bridgehead atoms. The second kappa shape index (κ2) is 50.5. The third-order valence-corrected chi connectivity index (χ3v) is 8.34. The minimum absolute atomic E-state index is 0. The number of esters is 2. The fourth-order valence-corrected chi connectivity index (χ4v) is 5.20. The van der Waals surface area contributed by atoms with Gasteiger partial charge in [0.15, 0.2) is 0 Å². The molecule has 9 atom stereocenters. The van der Waals surface area contributed by atoms with Gasteiger partial charge in [-0.1, -0.05) is 0 Å². The van der Waals surface area contributed by atoms with Crippen molar-refractivity contribution in [3.8, 4) is 0 Å². The summed E-state index contributed by atoms with van der Waals surface area (Å²) in [5.74, 6) is -1.20. The Hall–Kier alpha value is -3.10. The fourth-order valence-electron chi connectivity index (χ4n) is 5.20. The molecule has 0 heterocycles. The number of halogens is 3. The number of carbonyl (C=O) groups is 5. The Bertz CT molecular complexity index is 1780. The van der Waals surface area contributed by atoms with E-state index in [4.69, 9.17) is 55.1 Å². The summed E-state index contributed by atoms with van der Waals surface area (Å²) in [5.41, 5.74) is 12.1. The molecule has 0 saturated carbocycles. The summed E-state index contributed by atoms with van der Waals surface area (Å²) in [7, 11) is 5.60. The second-order valence-electron chi connectivity index (χ2n) is 25.6. The van der Waals surface area contributed by atoms with E-state index >= 15 is 0 Å². The van der Waals surface area contributed by atoms with Crippen molar-refractivity contribution in [3.05, 3.63) is 0 Å². The van der Waals surface area contributed by atoms with Crippen molar-refractivity contribution >= 4 is 67.4 Å². The molecule has 0 spiro atoms. The lowest BCUT2D eigenvalue weighted by Gasteiger charge is -2.27. The lowest BCUT2D eigenvalue weighted by Crippen LogP contribution is -2.52. The predicted molar refractivity (Wildman–Crippen MR) is 340 cm³/mol. The van der Waals surface area contributed by atoms with Crippen LogP contribution in [0.25, 0.3) is 0 Å². The first-order valence-electron chi connectivity index (χ1n) is 27.6. The van der Waals surface area contributed by atoms with Crippen LogP contribution in [0.15, 0.2) is 0 Å². The molecule has 0 unspecified atom stereocenters. The lowest BCUT2D eigenvalue weighted by molar-refractivity contribution is -0.183. The lowest BCUT2D eigenvalue weighted by atomic mass is 10.2. The molecule has 0 aromatic rings. The zero-order valence-corrected chi connectivity index (χ0v) is 59.5. The van der Waals surface area contributed by atoms with Crippen molar-refractivity contribution < 1.29 is 102 Å². The molecule has 0 aliphatic heterocycles. The summed E-state index contributed by atoms with van der Waals surface area (Å²) in [6, 6.07) is -2.75. The maximum atomic E-state index is 11.7. The van der Waals surface area contributed by atoms with Gasteiger partial charge in [0.2, 0.25) is 25.7 Å². The minimum atomic E-state index is -1.28. The van der Waals surface area contributed by atoms with Crippen molar-refractivity contribution in [1.82, 2.24) is 37.2 Å². The van der Waals surface area contributed by atoms with E-state index in [9.17, 15) is 49.5 Å². The van der Waals surface area contributed by atoms with Crippen molar-refractivity contribution in [2.24, 2.45) is 17.2 Å². The first-order valence-corrected chi connectivity index (χ1v) is 27.6. The van der Waals surface area contributed by atoms with Gasteiger partial charge in [-0.15, -0.1) is 37.2 Å². The molecule has 0 fully saturated rings. The third kappa shape index (κ3) is 75.4. The normalized spacial score (nSPS) is 14.8. The van der Waals surface area contributed by atoms with E-state index in [1.807, 2.05) is 20.8 Å². The maximum Gasteiger partial charge on any atom is 0.408 e. The van der Waals surface area contributed by atoms with E-state index in [2.05, 4.69) is 51.4 Å². The van der Waals surface area contributed by atoms with Gasteiger partial charge in [-0.05, 0) is 145 Å². The van der Waals surface area contributed by atoms with Crippen LogP contribution in [0.3, 0.4) is 0 Å². The molecule has 3 amide bonds. The SMILES string of the molecule is CC(C)(C)OC(=O)N[C@H](CO)CN[C@H](O)OC(C)(C)C.COC(=O)[C@@H](N)CN[C@H](O)OC(C)(C)C.COC(=O)[C@H](CN[C@H](O)OC(C)(C)C)NC(=O)OC(C)(C)C.COC[C@@H](N)CN.COC[C@H](CN[C@H](O)OC(C)(C)C)NC(=O)OC(C)(C)C.Cl.Cl.Cl. The van der Waals surface area contributed by atoms with E-state index in [1.165, 1.54) is 21.3 Å². The maximum absolute atomic E-state index is 11.7. The summed E-state index contributed by atoms with van der Waals surface area (Å²) in [5, 5.41) is 65.6. The largest absolute Gasteiger partial charge is 0.468 e. The first kappa shape index (κ1) is 101. The Kier molecular flexibility index (Phi) is 57.9. The van der Waals surface area contributed by atoms with Crippen LogP contribution in [0, 0.1) is 0 Å². The molecule has 534 valence electrons. The van der Waals surface area contributed by atoms with Crippen molar-refractivity contribution in [1.29, 1.82) is 0 Å². The molecule has 0 aromatic heterocycles. The van der Waals surface area contributed by atoms with Gasteiger partial charge in [-0.25, -0.2) is 19.2 Å². The Morgan fingerprint density at radius 1 is 0.409 bits per heavy atom. The van der Waals surface area contributed by atoms with E-state index in [-0.39, 0.29) is 88.7 Å².